The smallest absolute Gasteiger partial charge is 0.310 e. The van der Waals surface area contributed by atoms with Gasteiger partial charge in [-0.25, -0.2) is 0 Å². The fourth-order valence-electron chi connectivity index (χ4n) is 5.43. The van der Waals surface area contributed by atoms with Crippen molar-refractivity contribution in [3.63, 3.8) is 0 Å². The number of aliphatic carboxylic acids is 1. The molecule has 2 aliphatic carbocycles. The van der Waals surface area contributed by atoms with Crippen LogP contribution < -0.4 is 5.01 Å². The van der Waals surface area contributed by atoms with Crippen molar-refractivity contribution in [2.75, 3.05) is 18.2 Å². The summed E-state index contributed by atoms with van der Waals surface area (Å²) in [7, 11) is 0. The van der Waals surface area contributed by atoms with Crippen LogP contribution in [0.15, 0.2) is 52.7 Å². The molecule has 5 rings (SSSR count). The van der Waals surface area contributed by atoms with Gasteiger partial charge in [0.15, 0.2) is 0 Å². The molecule has 1 saturated heterocycles. The average molecular weight is 403 g/mol. The summed E-state index contributed by atoms with van der Waals surface area (Å²) in [6.07, 6.45) is 8.40. The SMILES string of the molecule is N#Cc1ccc(N2N=C3C4=C(CCC3C2C2CCOCC2)CC(C(=O)O)C=C4)cc1. The zero-order chi connectivity index (χ0) is 20.7. The van der Waals surface area contributed by atoms with Gasteiger partial charge >= 0.3 is 5.97 Å². The monoisotopic (exact) mass is 403 g/mol. The van der Waals surface area contributed by atoms with Gasteiger partial charge in [-0.05, 0) is 67.9 Å². The molecule has 1 aromatic rings. The van der Waals surface area contributed by atoms with E-state index in [2.05, 4.69) is 11.1 Å². The minimum atomic E-state index is -0.757. The van der Waals surface area contributed by atoms with Crippen LogP contribution >= 0.6 is 0 Å². The van der Waals surface area contributed by atoms with Crippen molar-refractivity contribution in [1.29, 1.82) is 5.26 Å². The molecule has 6 heteroatoms. The summed E-state index contributed by atoms with van der Waals surface area (Å²) in [5, 5.41) is 25.8. The van der Waals surface area contributed by atoms with Gasteiger partial charge in [-0.2, -0.15) is 10.4 Å². The Labute approximate surface area is 176 Å². The zero-order valence-corrected chi connectivity index (χ0v) is 16.8. The van der Waals surface area contributed by atoms with E-state index in [0.29, 0.717) is 23.8 Å². The standard InChI is InChI=1S/C24H25N3O3/c25-14-15-1-5-19(6-2-15)27-23(16-9-11-30-12-10-16)21-8-3-17-13-18(24(28)29)4-7-20(17)22(21)26-27/h1-2,4-7,16,18,21,23H,3,8-13H2,(H,28,29). The molecular formula is C24H25N3O3. The number of rotatable bonds is 3. The van der Waals surface area contributed by atoms with Crippen molar-refractivity contribution >= 4 is 17.4 Å². The lowest BCUT2D eigenvalue weighted by molar-refractivity contribution is -0.140. The molecule has 30 heavy (non-hydrogen) atoms. The number of carbonyl (C=O) groups is 1. The van der Waals surface area contributed by atoms with E-state index in [1.807, 2.05) is 36.4 Å². The van der Waals surface area contributed by atoms with Crippen molar-refractivity contribution in [3.05, 3.63) is 53.1 Å². The van der Waals surface area contributed by atoms with Gasteiger partial charge in [0, 0.05) is 19.1 Å². The largest absolute Gasteiger partial charge is 0.481 e. The number of carboxylic acid groups (broad SMARTS) is 1. The first-order chi connectivity index (χ1) is 14.7. The molecule has 0 spiro atoms. The van der Waals surface area contributed by atoms with Gasteiger partial charge in [-0.15, -0.1) is 0 Å². The zero-order valence-electron chi connectivity index (χ0n) is 16.8. The summed E-state index contributed by atoms with van der Waals surface area (Å²) < 4.78 is 5.62. The molecule has 154 valence electrons. The maximum atomic E-state index is 11.5. The summed E-state index contributed by atoms with van der Waals surface area (Å²) in [6, 6.07) is 10.1. The predicted octanol–water partition coefficient (Wildman–Crippen LogP) is 3.90. The number of anilines is 1. The number of benzene rings is 1. The van der Waals surface area contributed by atoms with Crippen LogP contribution in [0.5, 0.6) is 0 Å². The second-order valence-electron chi connectivity index (χ2n) is 8.60. The molecule has 2 heterocycles. The van der Waals surface area contributed by atoms with Crippen molar-refractivity contribution < 1.29 is 14.6 Å². The predicted molar refractivity (Wildman–Crippen MR) is 113 cm³/mol. The number of hydrogen-bond donors (Lipinski definition) is 1. The molecule has 0 radical (unpaired) electrons. The number of ether oxygens (including phenoxy) is 1. The Hall–Kier alpha value is -2.91. The minimum absolute atomic E-state index is 0.275. The van der Waals surface area contributed by atoms with E-state index >= 15 is 0 Å². The summed E-state index contributed by atoms with van der Waals surface area (Å²) in [6.45, 7) is 1.58. The van der Waals surface area contributed by atoms with Gasteiger partial charge in [-0.3, -0.25) is 9.80 Å². The fraction of sp³-hybridized carbons (Fsp3) is 0.458. The van der Waals surface area contributed by atoms with Gasteiger partial charge in [0.1, 0.15) is 0 Å². The van der Waals surface area contributed by atoms with Gasteiger partial charge in [0.05, 0.1) is 35.0 Å². The van der Waals surface area contributed by atoms with Crippen LogP contribution in [-0.2, 0) is 9.53 Å². The highest BCUT2D eigenvalue weighted by atomic mass is 16.5. The third kappa shape index (κ3) is 3.23. The Morgan fingerprint density at radius 1 is 1.20 bits per heavy atom. The number of hydrogen-bond acceptors (Lipinski definition) is 5. The number of hydrazone groups is 1. The average Bonchev–Trinajstić information content (AvgIpc) is 3.19. The summed E-state index contributed by atoms with van der Waals surface area (Å²) in [4.78, 5) is 11.5. The highest BCUT2D eigenvalue weighted by molar-refractivity contribution is 6.08. The van der Waals surface area contributed by atoms with E-state index in [-0.39, 0.29) is 6.04 Å². The molecule has 1 fully saturated rings. The highest BCUT2D eigenvalue weighted by Crippen LogP contribution is 2.45. The van der Waals surface area contributed by atoms with Crippen LogP contribution in [0.2, 0.25) is 0 Å². The number of fused-ring (bicyclic) bond motifs is 2. The Morgan fingerprint density at radius 3 is 2.67 bits per heavy atom. The molecule has 0 aromatic heterocycles. The van der Waals surface area contributed by atoms with E-state index in [0.717, 1.165) is 55.9 Å². The highest BCUT2D eigenvalue weighted by Gasteiger charge is 2.46. The first-order valence-corrected chi connectivity index (χ1v) is 10.7. The molecular weight excluding hydrogens is 378 g/mol. The van der Waals surface area contributed by atoms with Gasteiger partial charge in [0.25, 0.3) is 0 Å². The van der Waals surface area contributed by atoms with Crippen LogP contribution in [0.1, 0.15) is 37.7 Å². The number of allylic oxidation sites excluding steroid dienone is 3. The van der Waals surface area contributed by atoms with Crippen LogP contribution in [0, 0.1) is 29.1 Å². The molecule has 1 N–H and O–H groups in total. The Bertz CT molecular complexity index is 980. The third-order valence-corrected chi connectivity index (χ3v) is 6.96. The lowest BCUT2D eigenvalue weighted by Crippen LogP contribution is -2.43. The molecule has 4 aliphatic rings. The number of nitrogens with zero attached hydrogens (tertiary/aromatic N) is 3. The minimum Gasteiger partial charge on any atom is -0.481 e. The van der Waals surface area contributed by atoms with Crippen molar-refractivity contribution in [1.82, 2.24) is 0 Å². The van der Waals surface area contributed by atoms with Gasteiger partial charge < -0.3 is 9.84 Å². The molecule has 3 unspecified atom stereocenters. The first kappa shape index (κ1) is 19.1. The summed E-state index contributed by atoms with van der Waals surface area (Å²) in [5.74, 6) is -0.341. The molecule has 3 atom stereocenters. The van der Waals surface area contributed by atoms with E-state index in [4.69, 9.17) is 15.1 Å². The first-order valence-electron chi connectivity index (χ1n) is 10.7. The van der Waals surface area contributed by atoms with E-state index < -0.39 is 11.9 Å². The Balaban J connectivity index is 1.52. The second-order valence-corrected chi connectivity index (χ2v) is 8.60. The third-order valence-electron chi connectivity index (χ3n) is 6.96. The molecule has 0 saturated carbocycles. The molecule has 1 aromatic carbocycles. The van der Waals surface area contributed by atoms with E-state index in [1.54, 1.807) is 0 Å². The molecule has 2 aliphatic heterocycles. The molecule has 0 bridgehead atoms. The topological polar surface area (TPSA) is 85.9 Å². The van der Waals surface area contributed by atoms with E-state index in [1.165, 1.54) is 5.57 Å². The number of nitriles is 1. The molecule has 0 amide bonds. The lowest BCUT2D eigenvalue weighted by Gasteiger charge is -2.38. The maximum Gasteiger partial charge on any atom is 0.310 e. The van der Waals surface area contributed by atoms with Crippen molar-refractivity contribution in [2.24, 2.45) is 22.9 Å². The van der Waals surface area contributed by atoms with Crippen LogP contribution in [-0.4, -0.2) is 36.0 Å². The van der Waals surface area contributed by atoms with Crippen LogP contribution in [0.25, 0.3) is 0 Å². The molecule has 6 nitrogen and oxygen atoms in total. The maximum absolute atomic E-state index is 11.5. The van der Waals surface area contributed by atoms with Crippen LogP contribution in [0.4, 0.5) is 5.69 Å². The Kier molecular flexibility index (Phi) is 4.92. The van der Waals surface area contributed by atoms with Gasteiger partial charge in [0.2, 0.25) is 0 Å². The Morgan fingerprint density at radius 2 is 1.97 bits per heavy atom. The summed E-state index contributed by atoms with van der Waals surface area (Å²) >= 11 is 0. The second kappa shape index (κ2) is 7.73. The number of carboxylic acids is 1. The van der Waals surface area contributed by atoms with Crippen molar-refractivity contribution in [2.45, 2.75) is 38.1 Å². The van der Waals surface area contributed by atoms with Crippen LogP contribution in [0.3, 0.4) is 0 Å². The fourth-order valence-corrected chi connectivity index (χ4v) is 5.43. The van der Waals surface area contributed by atoms with E-state index in [9.17, 15) is 9.90 Å². The summed E-state index contributed by atoms with van der Waals surface area (Å²) in [5.41, 5.74) is 5.14. The lowest BCUT2D eigenvalue weighted by atomic mass is 9.71. The quantitative estimate of drug-likeness (QED) is 0.827. The van der Waals surface area contributed by atoms with Crippen molar-refractivity contribution in [3.8, 4) is 6.07 Å². The van der Waals surface area contributed by atoms with Gasteiger partial charge in [-0.1, -0.05) is 17.7 Å². The normalized spacial score (nSPS) is 28.6.